The molecule has 114 valence electrons. The minimum absolute atomic E-state index is 0.0484. The molecule has 2 atom stereocenters. The first-order chi connectivity index (χ1) is 9.78. The molecule has 0 saturated heterocycles. The SMILES string of the molecule is Cc1cc(C)n(C(O[Si](C)(C)C)C(C)c2ccccc2)n1. The van der Waals surface area contributed by atoms with Crippen molar-refractivity contribution >= 4 is 8.32 Å². The Labute approximate surface area is 129 Å². The van der Waals surface area contributed by atoms with Gasteiger partial charge in [-0.1, -0.05) is 37.3 Å². The van der Waals surface area contributed by atoms with Gasteiger partial charge in [-0.25, -0.2) is 4.68 Å². The van der Waals surface area contributed by atoms with Gasteiger partial charge in [0.25, 0.3) is 0 Å². The molecule has 2 aromatic rings. The Balaban J connectivity index is 2.39. The highest BCUT2D eigenvalue weighted by Gasteiger charge is 2.29. The van der Waals surface area contributed by atoms with Crippen molar-refractivity contribution in [3.63, 3.8) is 0 Å². The second-order valence-electron chi connectivity index (χ2n) is 6.69. The van der Waals surface area contributed by atoms with Gasteiger partial charge in [-0.15, -0.1) is 0 Å². The van der Waals surface area contributed by atoms with Gasteiger partial charge in [0.15, 0.2) is 8.32 Å². The average Bonchev–Trinajstić information content (AvgIpc) is 2.74. The standard InChI is InChI=1S/C17H26N2OSi/c1-13-12-14(2)19(18-13)17(20-21(4,5)6)15(3)16-10-8-7-9-11-16/h7-12,15,17H,1-6H3. The molecular formula is C17H26N2OSi. The van der Waals surface area contributed by atoms with Gasteiger partial charge in [-0.3, -0.25) is 0 Å². The molecule has 0 aliphatic heterocycles. The van der Waals surface area contributed by atoms with Crippen LogP contribution in [0.2, 0.25) is 19.6 Å². The first-order valence-electron chi connectivity index (χ1n) is 7.53. The molecule has 0 spiro atoms. The number of aryl methyl sites for hydroxylation is 2. The molecule has 21 heavy (non-hydrogen) atoms. The lowest BCUT2D eigenvalue weighted by atomic mass is 9.99. The highest BCUT2D eigenvalue weighted by molar-refractivity contribution is 6.69. The zero-order chi connectivity index (χ0) is 15.6. The Hall–Kier alpha value is -1.39. The summed E-state index contributed by atoms with van der Waals surface area (Å²) in [6.07, 6.45) is -0.0484. The minimum Gasteiger partial charge on any atom is -0.396 e. The summed E-state index contributed by atoms with van der Waals surface area (Å²) in [4.78, 5) is 0. The van der Waals surface area contributed by atoms with Gasteiger partial charge < -0.3 is 4.43 Å². The number of benzene rings is 1. The normalized spacial score (nSPS) is 15.0. The van der Waals surface area contributed by atoms with Crippen molar-refractivity contribution in [2.24, 2.45) is 0 Å². The van der Waals surface area contributed by atoms with Crippen molar-refractivity contribution in [3.8, 4) is 0 Å². The van der Waals surface area contributed by atoms with E-state index in [0.717, 1.165) is 11.4 Å². The van der Waals surface area contributed by atoms with E-state index >= 15 is 0 Å². The fraction of sp³-hybridized carbons (Fsp3) is 0.471. The highest BCUT2D eigenvalue weighted by Crippen LogP contribution is 2.32. The van der Waals surface area contributed by atoms with Crippen LogP contribution in [0.4, 0.5) is 0 Å². The third-order valence-corrected chi connectivity index (χ3v) is 4.46. The summed E-state index contributed by atoms with van der Waals surface area (Å²) in [6.45, 7) is 13.0. The summed E-state index contributed by atoms with van der Waals surface area (Å²) >= 11 is 0. The lowest BCUT2D eigenvalue weighted by Gasteiger charge is -2.32. The van der Waals surface area contributed by atoms with E-state index in [1.54, 1.807) is 0 Å². The van der Waals surface area contributed by atoms with Crippen LogP contribution in [0.3, 0.4) is 0 Å². The van der Waals surface area contributed by atoms with Crippen LogP contribution in [0.25, 0.3) is 0 Å². The summed E-state index contributed by atoms with van der Waals surface area (Å²) < 4.78 is 8.52. The summed E-state index contributed by atoms with van der Waals surface area (Å²) in [6, 6.07) is 12.7. The molecule has 0 radical (unpaired) electrons. The van der Waals surface area contributed by atoms with Crippen molar-refractivity contribution in [3.05, 3.63) is 53.3 Å². The van der Waals surface area contributed by atoms with Gasteiger partial charge in [-0.2, -0.15) is 5.10 Å². The third-order valence-electron chi connectivity index (χ3n) is 3.51. The summed E-state index contributed by atoms with van der Waals surface area (Å²) in [5, 5.41) is 4.66. The molecule has 0 N–H and O–H groups in total. The van der Waals surface area contributed by atoms with E-state index in [4.69, 9.17) is 4.43 Å². The molecule has 0 amide bonds. The van der Waals surface area contributed by atoms with Crippen LogP contribution in [-0.2, 0) is 4.43 Å². The first kappa shape index (κ1) is 16.0. The molecule has 0 fully saturated rings. The largest absolute Gasteiger partial charge is 0.396 e. The van der Waals surface area contributed by atoms with Crippen molar-refractivity contribution in [2.75, 3.05) is 0 Å². The van der Waals surface area contributed by atoms with E-state index in [2.05, 4.69) is 68.9 Å². The lowest BCUT2D eigenvalue weighted by Crippen LogP contribution is -2.34. The van der Waals surface area contributed by atoms with Crippen LogP contribution < -0.4 is 0 Å². The maximum atomic E-state index is 6.47. The maximum absolute atomic E-state index is 6.47. The molecule has 0 saturated carbocycles. The average molecular weight is 302 g/mol. The van der Waals surface area contributed by atoms with Gasteiger partial charge in [0.05, 0.1) is 5.69 Å². The van der Waals surface area contributed by atoms with Crippen molar-refractivity contribution in [1.82, 2.24) is 9.78 Å². The fourth-order valence-electron chi connectivity index (χ4n) is 2.55. The topological polar surface area (TPSA) is 27.1 Å². The van der Waals surface area contributed by atoms with Gasteiger partial charge >= 0.3 is 0 Å². The van der Waals surface area contributed by atoms with Crippen molar-refractivity contribution in [2.45, 2.75) is 52.6 Å². The van der Waals surface area contributed by atoms with E-state index in [1.807, 2.05) is 17.7 Å². The highest BCUT2D eigenvalue weighted by atomic mass is 28.4. The molecule has 4 heteroatoms. The number of hydrogen-bond donors (Lipinski definition) is 0. The van der Waals surface area contributed by atoms with Crippen LogP contribution in [0.15, 0.2) is 36.4 Å². The molecule has 1 heterocycles. The zero-order valence-electron chi connectivity index (χ0n) is 13.9. The molecule has 2 unspecified atom stereocenters. The predicted molar refractivity (Wildman–Crippen MR) is 90.0 cm³/mol. The zero-order valence-corrected chi connectivity index (χ0v) is 14.9. The molecule has 0 bridgehead atoms. The first-order valence-corrected chi connectivity index (χ1v) is 10.9. The van der Waals surface area contributed by atoms with E-state index < -0.39 is 8.32 Å². The van der Waals surface area contributed by atoms with Gasteiger partial charge in [0.2, 0.25) is 0 Å². The van der Waals surface area contributed by atoms with E-state index in [1.165, 1.54) is 5.56 Å². The van der Waals surface area contributed by atoms with Crippen molar-refractivity contribution in [1.29, 1.82) is 0 Å². The lowest BCUT2D eigenvalue weighted by molar-refractivity contribution is 0.0836. The summed E-state index contributed by atoms with van der Waals surface area (Å²) in [7, 11) is -1.67. The third kappa shape index (κ3) is 4.05. The van der Waals surface area contributed by atoms with Crippen LogP contribution in [0.1, 0.15) is 36.0 Å². The predicted octanol–water partition coefficient (Wildman–Crippen LogP) is 4.65. The van der Waals surface area contributed by atoms with Crippen LogP contribution in [-0.4, -0.2) is 18.1 Å². The number of rotatable bonds is 5. The Morgan fingerprint density at radius 2 is 1.71 bits per heavy atom. The number of nitrogens with zero attached hydrogens (tertiary/aromatic N) is 2. The second-order valence-corrected chi connectivity index (χ2v) is 11.2. The molecule has 1 aromatic heterocycles. The van der Waals surface area contributed by atoms with E-state index in [9.17, 15) is 0 Å². The van der Waals surface area contributed by atoms with Crippen LogP contribution in [0, 0.1) is 13.8 Å². The number of hydrogen-bond acceptors (Lipinski definition) is 2. The monoisotopic (exact) mass is 302 g/mol. The van der Waals surface area contributed by atoms with Gasteiger partial charge in [0.1, 0.15) is 6.23 Å². The molecular weight excluding hydrogens is 276 g/mol. The van der Waals surface area contributed by atoms with Crippen LogP contribution in [0.5, 0.6) is 0 Å². The Bertz CT molecular complexity index is 587. The van der Waals surface area contributed by atoms with Crippen molar-refractivity contribution < 1.29 is 4.43 Å². The molecule has 3 nitrogen and oxygen atoms in total. The number of aromatic nitrogens is 2. The molecule has 1 aromatic carbocycles. The minimum atomic E-state index is -1.67. The summed E-state index contributed by atoms with van der Waals surface area (Å²) in [5.41, 5.74) is 3.48. The van der Waals surface area contributed by atoms with E-state index in [-0.39, 0.29) is 12.1 Å². The smallest absolute Gasteiger partial charge is 0.186 e. The quantitative estimate of drug-likeness (QED) is 0.751. The Morgan fingerprint density at radius 3 is 2.19 bits per heavy atom. The van der Waals surface area contributed by atoms with Gasteiger partial charge in [0, 0.05) is 11.6 Å². The molecule has 0 aliphatic carbocycles. The maximum Gasteiger partial charge on any atom is 0.186 e. The van der Waals surface area contributed by atoms with E-state index in [0.29, 0.717) is 0 Å². The second kappa shape index (κ2) is 6.16. The fourth-order valence-corrected chi connectivity index (χ4v) is 3.58. The Morgan fingerprint density at radius 1 is 1.10 bits per heavy atom. The Kier molecular flexibility index (Phi) is 4.69. The molecule has 0 aliphatic rings. The summed E-state index contributed by atoms with van der Waals surface area (Å²) in [5.74, 6) is 0.260. The van der Waals surface area contributed by atoms with Crippen LogP contribution >= 0.6 is 0 Å². The van der Waals surface area contributed by atoms with Gasteiger partial charge in [-0.05, 0) is 45.1 Å². The molecule has 2 rings (SSSR count).